The van der Waals surface area contributed by atoms with E-state index in [1.165, 1.54) is 12.8 Å². The maximum atomic E-state index is 10.8. The molecule has 0 saturated heterocycles. The Bertz CT molecular complexity index is 461. The van der Waals surface area contributed by atoms with Crippen molar-refractivity contribution in [3.63, 3.8) is 0 Å². The maximum absolute atomic E-state index is 10.8. The smallest absolute Gasteiger partial charge is 0.269 e. The van der Waals surface area contributed by atoms with Gasteiger partial charge in [-0.1, -0.05) is 31.9 Å². The fourth-order valence-corrected chi connectivity index (χ4v) is 3.40. The molecular weight excluding hydrogens is 240 g/mol. The maximum Gasteiger partial charge on any atom is 0.269 e. The predicted octanol–water partition coefficient (Wildman–Crippen LogP) is 3.29. The number of nitro benzene ring substituents is 1. The van der Waals surface area contributed by atoms with Crippen LogP contribution in [0, 0.1) is 21.4 Å². The Morgan fingerprint density at radius 2 is 2.32 bits per heavy atom. The van der Waals surface area contributed by atoms with Gasteiger partial charge < -0.3 is 5.73 Å². The van der Waals surface area contributed by atoms with Crippen molar-refractivity contribution >= 4 is 5.69 Å². The van der Waals surface area contributed by atoms with Gasteiger partial charge in [0.1, 0.15) is 0 Å². The number of non-ortho nitro benzene ring substituents is 1. The minimum absolute atomic E-state index is 0.132. The van der Waals surface area contributed by atoms with Crippen molar-refractivity contribution in [3.8, 4) is 0 Å². The average Bonchev–Trinajstić information content (AvgIpc) is 2.39. The highest BCUT2D eigenvalue weighted by molar-refractivity contribution is 5.34. The Labute approximate surface area is 114 Å². The van der Waals surface area contributed by atoms with Gasteiger partial charge in [0.2, 0.25) is 0 Å². The van der Waals surface area contributed by atoms with Gasteiger partial charge in [0.25, 0.3) is 5.69 Å². The van der Waals surface area contributed by atoms with Gasteiger partial charge in [-0.3, -0.25) is 10.1 Å². The van der Waals surface area contributed by atoms with Gasteiger partial charge in [0, 0.05) is 12.1 Å². The highest BCUT2D eigenvalue weighted by atomic mass is 16.6. The molecule has 1 saturated carbocycles. The Hall–Kier alpha value is -1.42. The summed E-state index contributed by atoms with van der Waals surface area (Å²) < 4.78 is 0. The van der Waals surface area contributed by atoms with Crippen LogP contribution in [0.4, 0.5) is 5.69 Å². The van der Waals surface area contributed by atoms with Gasteiger partial charge >= 0.3 is 0 Å². The summed E-state index contributed by atoms with van der Waals surface area (Å²) in [5, 5.41) is 10.8. The molecule has 1 fully saturated rings. The number of benzene rings is 1. The number of hydrogen-bond acceptors (Lipinski definition) is 3. The van der Waals surface area contributed by atoms with Crippen LogP contribution < -0.4 is 5.73 Å². The van der Waals surface area contributed by atoms with Crippen LogP contribution in [0.5, 0.6) is 0 Å². The van der Waals surface area contributed by atoms with Gasteiger partial charge in [-0.05, 0) is 42.7 Å². The molecule has 0 spiro atoms. The molecule has 1 aliphatic rings. The van der Waals surface area contributed by atoms with Crippen LogP contribution in [0.15, 0.2) is 24.3 Å². The van der Waals surface area contributed by atoms with Crippen LogP contribution in [0.3, 0.4) is 0 Å². The predicted molar refractivity (Wildman–Crippen MR) is 75.9 cm³/mol. The first-order chi connectivity index (χ1) is 9.04. The molecule has 0 radical (unpaired) electrons. The molecular formula is C15H22N2O2. The lowest BCUT2D eigenvalue weighted by molar-refractivity contribution is -0.384. The molecule has 104 valence electrons. The zero-order valence-electron chi connectivity index (χ0n) is 11.5. The second-order valence-electron chi connectivity index (χ2n) is 6.01. The van der Waals surface area contributed by atoms with Crippen molar-refractivity contribution in [1.82, 2.24) is 0 Å². The van der Waals surface area contributed by atoms with Crippen molar-refractivity contribution in [2.75, 3.05) is 6.54 Å². The summed E-state index contributed by atoms with van der Waals surface area (Å²) in [7, 11) is 0. The molecule has 0 heterocycles. The third kappa shape index (κ3) is 3.32. The molecule has 1 aromatic rings. The number of nitrogens with two attached hydrogens (primary N) is 1. The first kappa shape index (κ1) is 14.0. The van der Waals surface area contributed by atoms with Crippen LogP contribution in [-0.4, -0.2) is 11.5 Å². The van der Waals surface area contributed by atoms with Gasteiger partial charge in [-0.15, -0.1) is 0 Å². The van der Waals surface area contributed by atoms with E-state index >= 15 is 0 Å². The lowest BCUT2D eigenvalue weighted by Crippen LogP contribution is -2.37. The Balaban J connectivity index is 2.18. The highest BCUT2D eigenvalue weighted by Gasteiger charge is 2.33. The zero-order valence-corrected chi connectivity index (χ0v) is 11.5. The van der Waals surface area contributed by atoms with Gasteiger partial charge in [-0.2, -0.15) is 0 Å². The van der Waals surface area contributed by atoms with E-state index in [9.17, 15) is 10.1 Å². The summed E-state index contributed by atoms with van der Waals surface area (Å²) in [5.41, 5.74) is 7.35. The summed E-state index contributed by atoms with van der Waals surface area (Å²) in [6.07, 6.45) is 5.61. The summed E-state index contributed by atoms with van der Waals surface area (Å²) in [5.74, 6) is 0.705. The van der Waals surface area contributed by atoms with Crippen molar-refractivity contribution in [2.45, 2.75) is 39.0 Å². The normalized spacial score (nSPS) is 27.2. The fourth-order valence-electron chi connectivity index (χ4n) is 3.40. The van der Waals surface area contributed by atoms with Crippen LogP contribution in [0.2, 0.25) is 0 Å². The van der Waals surface area contributed by atoms with Gasteiger partial charge in [0.05, 0.1) is 4.92 Å². The summed E-state index contributed by atoms with van der Waals surface area (Å²) in [6.45, 7) is 2.94. The molecule has 1 aromatic carbocycles. The van der Waals surface area contributed by atoms with Crippen molar-refractivity contribution in [2.24, 2.45) is 17.1 Å². The molecule has 4 heteroatoms. The SMILES string of the molecule is CC1CCCC(CN)(Cc2cccc([N+](=O)[O-])c2)C1. The zero-order chi connectivity index (χ0) is 13.9. The minimum Gasteiger partial charge on any atom is -0.330 e. The van der Waals surface area contributed by atoms with Crippen molar-refractivity contribution < 1.29 is 4.92 Å². The average molecular weight is 262 g/mol. The first-order valence-corrected chi connectivity index (χ1v) is 6.98. The molecule has 0 bridgehead atoms. The van der Waals surface area contributed by atoms with E-state index in [4.69, 9.17) is 5.73 Å². The number of rotatable bonds is 4. The number of hydrogen-bond donors (Lipinski definition) is 1. The fraction of sp³-hybridized carbons (Fsp3) is 0.600. The molecule has 4 nitrogen and oxygen atoms in total. The largest absolute Gasteiger partial charge is 0.330 e. The van der Waals surface area contributed by atoms with Crippen LogP contribution in [-0.2, 0) is 6.42 Å². The van der Waals surface area contributed by atoms with Crippen LogP contribution in [0.25, 0.3) is 0 Å². The third-order valence-electron chi connectivity index (χ3n) is 4.32. The van der Waals surface area contributed by atoms with E-state index in [-0.39, 0.29) is 16.0 Å². The van der Waals surface area contributed by atoms with E-state index < -0.39 is 0 Å². The van der Waals surface area contributed by atoms with Crippen LogP contribution >= 0.6 is 0 Å². The Morgan fingerprint density at radius 3 is 2.95 bits per heavy atom. The summed E-state index contributed by atoms with van der Waals surface area (Å²) in [6, 6.07) is 6.98. The van der Waals surface area contributed by atoms with E-state index in [1.54, 1.807) is 18.2 Å². The van der Waals surface area contributed by atoms with Crippen LogP contribution in [0.1, 0.15) is 38.2 Å². The van der Waals surface area contributed by atoms with E-state index in [0.717, 1.165) is 24.8 Å². The molecule has 0 amide bonds. The lowest BCUT2D eigenvalue weighted by Gasteiger charge is -2.39. The van der Waals surface area contributed by atoms with E-state index in [0.29, 0.717) is 12.5 Å². The molecule has 2 atom stereocenters. The minimum atomic E-state index is -0.331. The molecule has 2 N–H and O–H groups in total. The summed E-state index contributed by atoms with van der Waals surface area (Å²) in [4.78, 5) is 10.5. The molecule has 0 aromatic heterocycles. The second-order valence-corrected chi connectivity index (χ2v) is 6.01. The van der Waals surface area contributed by atoms with E-state index in [2.05, 4.69) is 6.92 Å². The van der Waals surface area contributed by atoms with E-state index in [1.807, 2.05) is 6.07 Å². The van der Waals surface area contributed by atoms with Crippen molar-refractivity contribution in [1.29, 1.82) is 0 Å². The van der Waals surface area contributed by atoms with Crippen molar-refractivity contribution in [3.05, 3.63) is 39.9 Å². The lowest BCUT2D eigenvalue weighted by atomic mass is 9.67. The Morgan fingerprint density at radius 1 is 1.53 bits per heavy atom. The quantitative estimate of drug-likeness (QED) is 0.668. The molecule has 2 rings (SSSR count). The highest BCUT2D eigenvalue weighted by Crippen LogP contribution is 2.41. The van der Waals surface area contributed by atoms with Gasteiger partial charge in [-0.25, -0.2) is 0 Å². The Kier molecular flexibility index (Phi) is 4.20. The monoisotopic (exact) mass is 262 g/mol. The molecule has 19 heavy (non-hydrogen) atoms. The first-order valence-electron chi connectivity index (χ1n) is 6.98. The van der Waals surface area contributed by atoms with Gasteiger partial charge in [0.15, 0.2) is 0 Å². The molecule has 2 unspecified atom stereocenters. The number of nitro groups is 1. The second kappa shape index (κ2) is 5.70. The topological polar surface area (TPSA) is 69.2 Å². The third-order valence-corrected chi connectivity index (χ3v) is 4.32. The number of nitrogens with zero attached hydrogens (tertiary/aromatic N) is 1. The molecule has 0 aliphatic heterocycles. The molecule has 1 aliphatic carbocycles. The summed E-state index contributed by atoms with van der Waals surface area (Å²) >= 11 is 0. The standard InChI is InChI=1S/C15H22N2O2/c1-12-4-3-7-15(9-12,11-16)10-13-5-2-6-14(8-13)17(18)19/h2,5-6,8,12H,3-4,7,9-11,16H2,1H3.